The molecule has 0 atom stereocenters. The van der Waals surface area contributed by atoms with Gasteiger partial charge in [0.15, 0.2) is 0 Å². The molecule has 0 unspecified atom stereocenters. The second kappa shape index (κ2) is 9.37. The van der Waals surface area contributed by atoms with Gasteiger partial charge >= 0.3 is 5.97 Å². The van der Waals surface area contributed by atoms with Crippen molar-refractivity contribution in [2.75, 3.05) is 12.4 Å². The van der Waals surface area contributed by atoms with Gasteiger partial charge in [-0.2, -0.15) is 0 Å². The van der Waals surface area contributed by atoms with Crippen LogP contribution in [0, 0.1) is 0 Å². The van der Waals surface area contributed by atoms with Gasteiger partial charge in [0, 0.05) is 24.3 Å². The van der Waals surface area contributed by atoms with Crippen LogP contribution in [0.4, 0.5) is 5.69 Å². The number of carboxylic acid groups (broad SMARTS) is 1. The molecule has 0 bridgehead atoms. The summed E-state index contributed by atoms with van der Waals surface area (Å²) in [6, 6.07) is 13.5. The summed E-state index contributed by atoms with van der Waals surface area (Å²) >= 11 is 0. The van der Waals surface area contributed by atoms with Gasteiger partial charge in [-0.15, -0.1) is 0 Å². The van der Waals surface area contributed by atoms with Gasteiger partial charge in [-0.1, -0.05) is 31.4 Å². The average molecular weight is 394 g/mol. The van der Waals surface area contributed by atoms with Crippen molar-refractivity contribution in [2.24, 2.45) is 0 Å². The van der Waals surface area contributed by atoms with E-state index < -0.39 is 5.97 Å². The van der Waals surface area contributed by atoms with Crippen LogP contribution in [0.25, 0.3) is 0 Å². The number of rotatable bonds is 6. The standard InChI is InChI=1S/C23H26N2O4/c1-25(20-8-3-2-4-9-20)22(27)17-10-12-19(13-11-17)24-21(26)15-16-6-5-7-18(14-16)23(28)29/h5-7,10-14,20H,2-4,8-9,15H2,1H3,(H,24,26)(H,28,29). The minimum Gasteiger partial charge on any atom is -0.478 e. The van der Waals surface area contributed by atoms with Crippen LogP contribution in [0.1, 0.15) is 58.4 Å². The lowest BCUT2D eigenvalue weighted by Crippen LogP contribution is -2.38. The molecule has 1 fully saturated rings. The minimum atomic E-state index is -1.02. The van der Waals surface area contributed by atoms with Crippen molar-refractivity contribution in [2.45, 2.75) is 44.6 Å². The first-order chi connectivity index (χ1) is 13.9. The Morgan fingerprint density at radius 2 is 1.69 bits per heavy atom. The van der Waals surface area contributed by atoms with E-state index in [1.165, 1.54) is 31.4 Å². The lowest BCUT2D eigenvalue weighted by atomic mass is 9.94. The van der Waals surface area contributed by atoms with Crippen molar-refractivity contribution < 1.29 is 19.5 Å². The van der Waals surface area contributed by atoms with Gasteiger partial charge in [0.1, 0.15) is 0 Å². The van der Waals surface area contributed by atoms with Crippen molar-refractivity contribution in [3.8, 4) is 0 Å². The Morgan fingerprint density at radius 3 is 2.34 bits per heavy atom. The monoisotopic (exact) mass is 394 g/mol. The Kier molecular flexibility index (Phi) is 6.65. The van der Waals surface area contributed by atoms with Crippen LogP contribution in [0.15, 0.2) is 48.5 Å². The van der Waals surface area contributed by atoms with Gasteiger partial charge < -0.3 is 15.3 Å². The number of amides is 2. The summed E-state index contributed by atoms with van der Waals surface area (Å²) in [5.41, 5.74) is 1.98. The lowest BCUT2D eigenvalue weighted by Gasteiger charge is -2.31. The average Bonchev–Trinajstić information content (AvgIpc) is 2.74. The molecule has 2 amide bonds. The number of carboxylic acids is 1. The van der Waals surface area contributed by atoms with E-state index in [0.29, 0.717) is 22.9 Å². The zero-order chi connectivity index (χ0) is 20.8. The van der Waals surface area contributed by atoms with Crippen molar-refractivity contribution in [1.82, 2.24) is 4.90 Å². The van der Waals surface area contributed by atoms with E-state index in [0.717, 1.165) is 12.8 Å². The number of anilines is 1. The summed E-state index contributed by atoms with van der Waals surface area (Å²) < 4.78 is 0. The fourth-order valence-electron chi connectivity index (χ4n) is 3.74. The van der Waals surface area contributed by atoms with E-state index in [1.54, 1.807) is 36.4 Å². The van der Waals surface area contributed by atoms with Gasteiger partial charge in [0.05, 0.1) is 12.0 Å². The van der Waals surface area contributed by atoms with Crippen LogP contribution in [0.2, 0.25) is 0 Å². The van der Waals surface area contributed by atoms with E-state index in [1.807, 2.05) is 11.9 Å². The number of hydrogen-bond acceptors (Lipinski definition) is 3. The van der Waals surface area contributed by atoms with E-state index in [9.17, 15) is 14.4 Å². The molecule has 1 aliphatic carbocycles. The number of carbonyl (C=O) groups is 3. The molecule has 29 heavy (non-hydrogen) atoms. The lowest BCUT2D eigenvalue weighted by molar-refractivity contribution is -0.115. The van der Waals surface area contributed by atoms with E-state index >= 15 is 0 Å². The normalized spacial score (nSPS) is 14.2. The van der Waals surface area contributed by atoms with Crippen LogP contribution >= 0.6 is 0 Å². The highest BCUT2D eigenvalue weighted by atomic mass is 16.4. The molecular weight excluding hydrogens is 368 g/mol. The van der Waals surface area contributed by atoms with Crippen LogP contribution in [-0.2, 0) is 11.2 Å². The topological polar surface area (TPSA) is 86.7 Å². The summed E-state index contributed by atoms with van der Waals surface area (Å²) in [6.07, 6.45) is 5.77. The molecule has 1 saturated carbocycles. The maximum atomic E-state index is 12.7. The summed E-state index contributed by atoms with van der Waals surface area (Å²) in [4.78, 5) is 37.8. The molecule has 2 aromatic rings. The predicted octanol–water partition coefficient (Wildman–Crippen LogP) is 3.97. The smallest absolute Gasteiger partial charge is 0.335 e. The number of carbonyl (C=O) groups excluding carboxylic acids is 2. The maximum absolute atomic E-state index is 12.7. The van der Waals surface area contributed by atoms with Gasteiger partial charge in [0.25, 0.3) is 5.91 Å². The third-order valence-electron chi connectivity index (χ3n) is 5.40. The molecule has 0 spiro atoms. The Bertz CT molecular complexity index is 886. The van der Waals surface area contributed by atoms with E-state index in [-0.39, 0.29) is 23.8 Å². The number of benzene rings is 2. The second-order valence-electron chi connectivity index (χ2n) is 7.52. The Morgan fingerprint density at radius 1 is 1.00 bits per heavy atom. The van der Waals surface area contributed by atoms with E-state index in [2.05, 4.69) is 5.32 Å². The molecule has 152 valence electrons. The fourth-order valence-corrected chi connectivity index (χ4v) is 3.74. The Balaban J connectivity index is 1.58. The van der Waals surface area contributed by atoms with Crippen molar-refractivity contribution >= 4 is 23.5 Å². The molecule has 0 saturated heterocycles. The van der Waals surface area contributed by atoms with Gasteiger partial charge in [-0.05, 0) is 54.8 Å². The van der Waals surface area contributed by atoms with Crippen molar-refractivity contribution in [3.63, 3.8) is 0 Å². The van der Waals surface area contributed by atoms with Crippen molar-refractivity contribution in [1.29, 1.82) is 0 Å². The predicted molar refractivity (Wildman–Crippen MR) is 111 cm³/mol. The van der Waals surface area contributed by atoms with Crippen LogP contribution in [0.5, 0.6) is 0 Å². The highest BCUT2D eigenvalue weighted by molar-refractivity contribution is 5.96. The molecule has 2 aromatic carbocycles. The molecule has 3 rings (SSSR count). The Hall–Kier alpha value is -3.15. The third-order valence-corrected chi connectivity index (χ3v) is 5.40. The zero-order valence-corrected chi connectivity index (χ0v) is 16.6. The molecule has 6 heteroatoms. The van der Waals surface area contributed by atoms with Crippen molar-refractivity contribution in [3.05, 3.63) is 65.2 Å². The maximum Gasteiger partial charge on any atom is 0.335 e. The molecular formula is C23H26N2O4. The highest BCUT2D eigenvalue weighted by Crippen LogP contribution is 2.23. The highest BCUT2D eigenvalue weighted by Gasteiger charge is 2.22. The number of nitrogens with zero attached hydrogens (tertiary/aromatic N) is 1. The molecule has 0 aliphatic heterocycles. The number of aromatic carboxylic acids is 1. The third kappa shape index (κ3) is 5.44. The number of hydrogen-bond donors (Lipinski definition) is 2. The largest absolute Gasteiger partial charge is 0.478 e. The first-order valence-corrected chi connectivity index (χ1v) is 9.93. The minimum absolute atomic E-state index is 0.000243. The molecule has 0 radical (unpaired) electrons. The molecule has 0 aromatic heterocycles. The van der Waals surface area contributed by atoms with Crippen LogP contribution < -0.4 is 5.32 Å². The summed E-state index contributed by atoms with van der Waals surface area (Å²) in [5, 5.41) is 11.8. The van der Waals surface area contributed by atoms with Crippen LogP contribution in [-0.4, -0.2) is 40.9 Å². The zero-order valence-electron chi connectivity index (χ0n) is 16.6. The molecule has 1 aliphatic rings. The summed E-state index contributed by atoms with van der Waals surface area (Å²) in [7, 11) is 1.86. The van der Waals surface area contributed by atoms with Crippen LogP contribution in [0.3, 0.4) is 0 Å². The van der Waals surface area contributed by atoms with Gasteiger partial charge in [-0.3, -0.25) is 9.59 Å². The van der Waals surface area contributed by atoms with E-state index in [4.69, 9.17) is 5.11 Å². The second-order valence-corrected chi connectivity index (χ2v) is 7.52. The SMILES string of the molecule is CN(C(=O)c1ccc(NC(=O)Cc2cccc(C(=O)O)c2)cc1)C1CCCCC1. The quantitative estimate of drug-likeness (QED) is 0.776. The fraction of sp³-hybridized carbons (Fsp3) is 0.348. The first-order valence-electron chi connectivity index (χ1n) is 9.93. The molecule has 2 N–H and O–H groups in total. The van der Waals surface area contributed by atoms with Gasteiger partial charge in [-0.25, -0.2) is 4.79 Å². The molecule has 6 nitrogen and oxygen atoms in total. The van der Waals surface area contributed by atoms with Gasteiger partial charge in [0.2, 0.25) is 5.91 Å². The first kappa shape index (κ1) is 20.6. The Labute approximate surface area is 170 Å². The summed E-state index contributed by atoms with van der Waals surface area (Å²) in [6.45, 7) is 0. The number of nitrogens with one attached hydrogen (secondary N) is 1. The summed E-state index contributed by atoms with van der Waals surface area (Å²) in [5.74, 6) is -1.27. The molecule has 0 heterocycles.